The smallest absolute Gasteiger partial charge is 0.308 e. The van der Waals surface area contributed by atoms with Gasteiger partial charge in [0.2, 0.25) is 34.4 Å². The van der Waals surface area contributed by atoms with Crippen LogP contribution >= 0.6 is 0 Å². The average Bonchev–Trinajstić information content (AvgIpc) is 1.59. The molecule has 14 aromatic rings. The van der Waals surface area contributed by atoms with Crippen LogP contribution < -0.4 is 27.4 Å². The van der Waals surface area contributed by atoms with E-state index < -0.39 is 27.4 Å². The number of hydrogen-bond donors (Lipinski definition) is 0. The van der Waals surface area contributed by atoms with Crippen molar-refractivity contribution >= 4 is 28.4 Å². The molecule has 0 unspecified atom stereocenters. The summed E-state index contributed by atoms with van der Waals surface area (Å²) in [6.07, 6.45) is 7.87. The zero-order valence-electron chi connectivity index (χ0n) is 66.1. The number of pyridine rings is 3. The van der Waals surface area contributed by atoms with E-state index in [1.54, 1.807) is 19.1 Å². The maximum atomic E-state index is 8.15. The van der Waals surface area contributed by atoms with Crippen LogP contribution in [0.1, 0.15) is 78.8 Å². The molecule has 0 radical (unpaired) electrons. The van der Waals surface area contributed by atoms with Crippen molar-refractivity contribution in [3.05, 3.63) is 184 Å². The largest absolute Gasteiger partial charge is 0.359 e. The Labute approximate surface area is 538 Å². The van der Waals surface area contributed by atoms with E-state index in [2.05, 4.69) is 123 Å². The van der Waals surface area contributed by atoms with Gasteiger partial charge in [0, 0.05) is 91.1 Å². The molecule has 0 amide bonds. The fourth-order valence-electron chi connectivity index (χ4n) is 13.6. The second kappa shape index (κ2) is 22.0. The lowest BCUT2D eigenvalue weighted by Crippen LogP contribution is -2.40. The molecule has 14 rings (SSSR count). The van der Waals surface area contributed by atoms with E-state index >= 15 is 0 Å². The first kappa shape index (κ1) is 46.2. The van der Waals surface area contributed by atoms with E-state index in [4.69, 9.17) is 16.4 Å². The zero-order valence-corrected chi connectivity index (χ0v) is 54.1. The Morgan fingerprint density at radius 3 is 1.18 bits per heavy atom. The summed E-state index contributed by atoms with van der Waals surface area (Å²) in [4.78, 5) is 13.5. The summed E-state index contributed by atoms with van der Waals surface area (Å²) in [5, 5.41) is 0. The molecule has 0 fully saturated rings. The number of nitrogens with zero attached hydrogens (tertiary/aromatic N) is 18. The second-order valence-corrected chi connectivity index (χ2v) is 23.4. The van der Waals surface area contributed by atoms with E-state index in [0.717, 1.165) is 91.4 Å². The molecule has 454 valence electrons. The lowest BCUT2D eigenvalue weighted by Gasteiger charge is -2.09. The predicted molar refractivity (Wildman–Crippen MR) is 349 cm³/mol. The molecule has 0 aliphatic heterocycles. The topological polar surface area (TPSA) is 105 Å². The molecule has 0 aliphatic rings. The van der Waals surface area contributed by atoms with Crippen molar-refractivity contribution in [1.82, 2.24) is 55.6 Å². The molecule has 0 spiro atoms. The van der Waals surface area contributed by atoms with Gasteiger partial charge in [-0.15, -0.1) is 0 Å². The average molecular weight is 1200 g/mol. The van der Waals surface area contributed by atoms with Crippen LogP contribution in [-0.4, -0.2) is 55.6 Å². The predicted octanol–water partition coefficient (Wildman–Crippen LogP) is 8.98. The Hall–Kier alpha value is -9.97. The van der Waals surface area contributed by atoms with E-state index in [1.807, 2.05) is 189 Å². The molecular formula is C71H86N18+6. The highest BCUT2D eigenvalue weighted by Crippen LogP contribution is 2.32. The van der Waals surface area contributed by atoms with Crippen LogP contribution in [0.4, 0.5) is 0 Å². The maximum absolute atomic E-state index is 8.15. The van der Waals surface area contributed by atoms with Gasteiger partial charge in [0.05, 0.1) is 69.4 Å². The molecule has 0 saturated carbocycles. The molecule has 89 heavy (non-hydrogen) atoms. The van der Waals surface area contributed by atoms with Gasteiger partial charge < -0.3 is 13.7 Å². The second-order valence-electron chi connectivity index (χ2n) is 23.4. The van der Waals surface area contributed by atoms with Crippen LogP contribution in [0.25, 0.3) is 103 Å². The lowest BCUT2D eigenvalue weighted by molar-refractivity contribution is -0.685. The van der Waals surface area contributed by atoms with Crippen LogP contribution in [0.15, 0.2) is 122 Å². The SMILES string of the molecule is [2H]C([2H])([2H])c1cccc(C)c1-n1cc[n+](C)c1-c1cccc(-c2c(C)n3c(C)c(C([2H])([2H])[2H])nc3n2C)[n+]1C.[2H]C([2H])([2H])c1nc2n(C)c(-c3cccc(-c4n(C)c5ccccc5[n+]4C)[n+]3C)c(C)n2c1C.[2H]C([2H])([2H])c1nc2n(C)c(-c3cccc(-c4n(C)cc[n+]4C)[n+]3C)c(C)n2c1C. The van der Waals surface area contributed by atoms with Crippen LogP contribution in [0.3, 0.4) is 0 Å². The normalized spacial score (nSPS) is 14.3. The number of benzene rings is 2. The Balaban J connectivity index is 0.000000145. The molecule has 0 bridgehead atoms. The van der Waals surface area contributed by atoms with Crippen molar-refractivity contribution in [1.29, 1.82) is 0 Å². The molecule has 0 aliphatic carbocycles. The van der Waals surface area contributed by atoms with Crippen molar-refractivity contribution in [3.63, 3.8) is 0 Å². The number of aryl methyl sites for hydroxylation is 19. The summed E-state index contributed by atoms with van der Waals surface area (Å²) in [5.74, 6) is 4.83. The van der Waals surface area contributed by atoms with Crippen molar-refractivity contribution in [2.45, 2.75) is 75.9 Å². The summed E-state index contributed by atoms with van der Waals surface area (Å²) in [5.41, 5.74) is 18.2. The van der Waals surface area contributed by atoms with Crippen molar-refractivity contribution in [3.8, 4) is 74.4 Å². The Kier molecular flexibility index (Phi) is 11.4. The summed E-state index contributed by atoms with van der Waals surface area (Å²) < 4.78 is 125. The van der Waals surface area contributed by atoms with Gasteiger partial charge in [0.25, 0.3) is 17.1 Å². The minimum atomic E-state index is -2.30. The van der Waals surface area contributed by atoms with Gasteiger partial charge in [0.15, 0.2) is 11.0 Å². The summed E-state index contributed by atoms with van der Waals surface area (Å²) >= 11 is 0. The van der Waals surface area contributed by atoms with Gasteiger partial charge in [-0.25, -0.2) is 37.8 Å². The summed E-state index contributed by atoms with van der Waals surface area (Å²) in [7, 11) is 22.0. The van der Waals surface area contributed by atoms with Gasteiger partial charge >= 0.3 is 17.5 Å². The molecule has 0 N–H and O–H groups in total. The van der Waals surface area contributed by atoms with Crippen molar-refractivity contribution in [2.75, 3.05) is 0 Å². The minimum Gasteiger partial charge on any atom is -0.308 e. The molecular weight excluding hydrogens is 1100 g/mol. The molecule has 12 aromatic heterocycles. The summed E-state index contributed by atoms with van der Waals surface area (Å²) in [6.45, 7) is 4.30. The molecule has 2 aromatic carbocycles. The van der Waals surface area contributed by atoms with Crippen molar-refractivity contribution in [2.24, 2.45) is 77.5 Å². The summed E-state index contributed by atoms with van der Waals surface area (Å²) in [6, 6.07) is 32.2. The quantitative estimate of drug-likeness (QED) is 0.149. The van der Waals surface area contributed by atoms with E-state index in [-0.39, 0.29) is 17.1 Å². The highest BCUT2D eigenvalue weighted by atomic mass is 15.3. The molecule has 12 heterocycles. The highest BCUT2D eigenvalue weighted by molar-refractivity contribution is 5.75. The van der Waals surface area contributed by atoms with Crippen LogP contribution in [0.2, 0.25) is 0 Å². The number of rotatable bonds is 7. The van der Waals surface area contributed by atoms with Gasteiger partial charge in [-0.1, -0.05) is 30.3 Å². The van der Waals surface area contributed by atoms with Crippen molar-refractivity contribution < 1.29 is 43.9 Å². The fraction of sp³-hybridized carbons (Fsp3) is 0.310. The number of aromatic nitrogens is 18. The number of fused-ring (bicyclic) bond motifs is 4. The highest BCUT2D eigenvalue weighted by Gasteiger charge is 2.35. The maximum Gasteiger partial charge on any atom is 0.359 e. The van der Waals surface area contributed by atoms with Gasteiger partial charge in [-0.3, -0.25) is 13.2 Å². The van der Waals surface area contributed by atoms with Crippen LogP contribution in [0, 0.1) is 75.9 Å². The first-order valence-corrected chi connectivity index (χ1v) is 29.5. The minimum absolute atomic E-state index is 0.106. The van der Waals surface area contributed by atoms with E-state index in [1.165, 1.54) is 11.0 Å². The first-order valence-electron chi connectivity index (χ1n) is 35.5. The third kappa shape index (κ3) is 9.07. The van der Waals surface area contributed by atoms with E-state index in [9.17, 15) is 0 Å². The lowest BCUT2D eigenvalue weighted by atomic mass is 10.1. The standard InChI is InChI=1S/C27H32N6.C24H28N6.C20H26N6/c1-17-11-9-12-18(2)24(17)32-16-15-29(6)26(32)23-14-10-13-22(30(23)7)25-21(5)33-20(4)19(3)28-27(33)31(25)8;1-15-16(2)30-17(3)22(29(7)24(30)25-15)20-13-10-14-21(26(20)4)23-27(5)18-11-8-9-12-19(18)28(23)6;1-13-14(2)26-15(3)18(25(7)20(26)21-13)16-9-8-10-17(24(16)6)19-22(4)11-12-23(19)5/h9-16H,1-8H3;8-14H,1-7H3;8-12H,1-7H3/q3*+2/i1D3,3D3;2*1D3. The Bertz CT molecular complexity index is 5600. The Morgan fingerprint density at radius 1 is 0.371 bits per heavy atom. The van der Waals surface area contributed by atoms with Gasteiger partial charge in [-0.2, -0.15) is 18.3 Å². The Morgan fingerprint density at radius 2 is 0.764 bits per heavy atom. The molecule has 0 saturated heterocycles. The third-order valence-electron chi connectivity index (χ3n) is 18.2. The first-order chi connectivity index (χ1) is 47.2. The van der Waals surface area contributed by atoms with Gasteiger partial charge in [0.1, 0.15) is 68.7 Å². The van der Waals surface area contributed by atoms with Gasteiger partial charge in [-0.05, 0) is 117 Å². The number of hydrogen-bond acceptors (Lipinski definition) is 3. The fourth-order valence-corrected chi connectivity index (χ4v) is 13.6. The number of para-hydroxylation sites is 3. The molecule has 18 nitrogen and oxygen atoms in total. The van der Waals surface area contributed by atoms with Crippen LogP contribution in [0.5, 0.6) is 0 Å². The third-order valence-corrected chi connectivity index (χ3v) is 18.2. The van der Waals surface area contributed by atoms with Crippen LogP contribution in [-0.2, 0) is 77.5 Å². The number of imidazole rings is 9. The molecule has 0 atom stereocenters. The van der Waals surface area contributed by atoms with E-state index in [0.29, 0.717) is 45.7 Å². The monoisotopic (exact) mass is 1200 g/mol. The molecule has 18 heteroatoms. The zero-order chi connectivity index (χ0) is 73.7.